The Morgan fingerprint density at radius 1 is 1.03 bits per heavy atom. The lowest BCUT2D eigenvalue weighted by molar-refractivity contribution is 0.0954. The first-order valence-corrected chi connectivity index (χ1v) is 14.1. The van der Waals surface area contributed by atoms with Gasteiger partial charge in [-0.25, -0.2) is 5.43 Å². The molecule has 38 heavy (non-hydrogen) atoms. The average molecular weight is 626 g/mol. The van der Waals surface area contributed by atoms with Crippen LogP contribution in [0.15, 0.2) is 69.1 Å². The molecule has 0 unspecified atom stereocenters. The van der Waals surface area contributed by atoms with Crippen molar-refractivity contribution in [2.24, 2.45) is 5.10 Å². The van der Waals surface area contributed by atoms with Crippen LogP contribution in [-0.4, -0.2) is 40.9 Å². The molecule has 3 rings (SSSR count). The quantitative estimate of drug-likeness (QED) is 0.153. The summed E-state index contributed by atoms with van der Waals surface area (Å²) >= 11 is 9.15. The van der Waals surface area contributed by atoms with Crippen LogP contribution in [0.4, 0.5) is 0 Å². The number of amides is 1. The molecule has 3 aromatic rings. The summed E-state index contributed by atoms with van der Waals surface area (Å²) in [5, 5.41) is 4.39. The Labute approximate surface area is 235 Å². The Morgan fingerprint density at radius 3 is 2.42 bits per heavy atom. The van der Waals surface area contributed by atoms with E-state index in [1.807, 2.05) is 13.8 Å². The van der Waals surface area contributed by atoms with E-state index in [-0.39, 0.29) is 16.4 Å². The highest BCUT2D eigenvalue weighted by molar-refractivity contribution is 9.10. The number of benzene rings is 3. The molecule has 9 nitrogen and oxygen atoms in total. The highest BCUT2D eigenvalue weighted by atomic mass is 79.9. The molecular weight excluding hydrogens is 600 g/mol. The molecule has 0 bridgehead atoms. The molecule has 3 aromatic carbocycles. The predicted octanol–water partition coefficient (Wildman–Crippen LogP) is 5.83. The summed E-state index contributed by atoms with van der Waals surface area (Å²) in [6.45, 7) is 4.80. The third-order valence-corrected chi connectivity index (χ3v) is 6.97. The van der Waals surface area contributed by atoms with E-state index in [0.717, 1.165) is 6.42 Å². The van der Waals surface area contributed by atoms with Gasteiger partial charge in [-0.1, -0.05) is 18.5 Å². The first kappa shape index (κ1) is 29.3. The van der Waals surface area contributed by atoms with E-state index >= 15 is 0 Å². The van der Waals surface area contributed by atoms with Crippen LogP contribution < -0.4 is 23.8 Å². The lowest BCUT2D eigenvalue weighted by atomic mass is 10.2. The minimum Gasteiger partial charge on any atom is -0.493 e. The fourth-order valence-electron chi connectivity index (χ4n) is 3.13. The van der Waals surface area contributed by atoms with Gasteiger partial charge >= 0.3 is 10.1 Å². The molecule has 1 N–H and O–H groups in total. The van der Waals surface area contributed by atoms with Crippen LogP contribution in [0.3, 0.4) is 0 Å². The Morgan fingerprint density at radius 2 is 1.76 bits per heavy atom. The smallest absolute Gasteiger partial charge is 0.339 e. The van der Waals surface area contributed by atoms with Gasteiger partial charge in [0, 0.05) is 10.6 Å². The van der Waals surface area contributed by atoms with Crippen molar-refractivity contribution in [2.45, 2.75) is 25.2 Å². The SMILES string of the molecule is CCCOc1ccc(C(=O)N/N=C/c2cc(Br)c(OS(=O)(=O)c3ccc(Cl)cc3)c(OC)c2)cc1OCC. The van der Waals surface area contributed by atoms with Gasteiger partial charge in [0.15, 0.2) is 23.0 Å². The maximum Gasteiger partial charge on any atom is 0.339 e. The summed E-state index contributed by atoms with van der Waals surface area (Å²) in [6.07, 6.45) is 2.22. The van der Waals surface area contributed by atoms with Crippen LogP contribution in [-0.2, 0) is 10.1 Å². The summed E-state index contributed by atoms with van der Waals surface area (Å²) in [5.41, 5.74) is 3.30. The third-order valence-electron chi connectivity index (χ3n) is 4.89. The van der Waals surface area contributed by atoms with E-state index < -0.39 is 16.0 Å². The third kappa shape index (κ3) is 7.62. The Hall–Kier alpha value is -3.28. The number of methoxy groups -OCH3 is 1. The van der Waals surface area contributed by atoms with Crippen molar-refractivity contribution in [2.75, 3.05) is 20.3 Å². The maximum absolute atomic E-state index is 12.7. The minimum absolute atomic E-state index is 0.0440. The number of halogens is 2. The highest BCUT2D eigenvalue weighted by Gasteiger charge is 2.22. The Bertz CT molecular complexity index is 1410. The van der Waals surface area contributed by atoms with Crippen LogP contribution in [0.2, 0.25) is 5.02 Å². The molecule has 0 aromatic heterocycles. The molecule has 0 aliphatic rings. The summed E-state index contributed by atoms with van der Waals surface area (Å²) in [5.74, 6) is 0.664. The van der Waals surface area contributed by atoms with Crippen molar-refractivity contribution in [1.82, 2.24) is 5.43 Å². The van der Waals surface area contributed by atoms with Crippen molar-refractivity contribution >= 4 is 49.8 Å². The molecular formula is C26H26BrClN2O7S. The van der Waals surface area contributed by atoms with Crippen LogP contribution in [0.5, 0.6) is 23.0 Å². The molecule has 1 amide bonds. The van der Waals surface area contributed by atoms with Crippen molar-refractivity contribution < 1.29 is 31.6 Å². The molecule has 12 heteroatoms. The fourth-order valence-corrected chi connectivity index (χ4v) is 4.86. The summed E-state index contributed by atoms with van der Waals surface area (Å²) < 4.78 is 47.6. The lowest BCUT2D eigenvalue weighted by Crippen LogP contribution is -2.18. The van der Waals surface area contributed by atoms with E-state index in [0.29, 0.717) is 45.3 Å². The number of carbonyl (C=O) groups excluding carboxylic acids is 1. The van der Waals surface area contributed by atoms with Gasteiger partial charge in [-0.05, 0) is 89.4 Å². The molecule has 0 fully saturated rings. The Balaban J connectivity index is 1.75. The van der Waals surface area contributed by atoms with Crippen molar-refractivity contribution in [3.05, 3.63) is 75.2 Å². The van der Waals surface area contributed by atoms with E-state index in [2.05, 4.69) is 26.5 Å². The van der Waals surface area contributed by atoms with Crippen LogP contribution in [0.1, 0.15) is 36.2 Å². The molecule has 0 radical (unpaired) electrons. The molecule has 0 spiro atoms. The van der Waals surface area contributed by atoms with Gasteiger partial charge in [0.1, 0.15) is 4.90 Å². The van der Waals surface area contributed by atoms with Gasteiger partial charge in [0.05, 0.1) is 31.0 Å². The van der Waals surface area contributed by atoms with Gasteiger partial charge in [0.25, 0.3) is 5.91 Å². The average Bonchev–Trinajstić information content (AvgIpc) is 2.89. The van der Waals surface area contributed by atoms with E-state index in [4.69, 9.17) is 30.0 Å². The van der Waals surface area contributed by atoms with Crippen molar-refractivity contribution in [1.29, 1.82) is 0 Å². The number of nitrogens with zero attached hydrogens (tertiary/aromatic N) is 1. The second-order valence-electron chi connectivity index (χ2n) is 7.67. The number of ether oxygens (including phenoxy) is 3. The minimum atomic E-state index is -4.15. The van der Waals surface area contributed by atoms with E-state index in [1.54, 1.807) is 24.3 Å². The largest absolute Gasteiger partial charge is 0.493 e. The number of hydrazone groups is 1. The zero-order valence-corrected chi connectivity index (χ0v) is 24.0. The monoisotopic (exact) mass is 624 g/mol. The van der Waals surface area contributed by atoms with E-state index in [1.165, 1.54) is 43.7 Å². The topological polar surface area (TPSA) is 113 Å². The standard InChI is InChI=1S/C26H26BrClN2O7S/c1-4-12-36-22-11-6-18(15-23(22)35-5-2)26(31)30-29-16-17-13-21(27)25(24(14-17)34-3)37-38(32,33)20-9-7-19(28)8-10-20/h6-11,13-16H,4-5,12H2,1-3H3,(H,30,31)/b29-16+. The molecule has 202 valence electrons. The van der Waals surface area contributed by atoms with Crippen LogP contribution >= 0.6 is 27.5 Å². The number of nitrogens with one attached hydrogen (secondary N) is 1. The number of rotatable bonds is 12. The zero-order valence-electron chi connectivity index (χ0n) is 20.9. The molecule has 0 aliphatic carbocycles. The molecule has 0 saturated carbocycles. The number of carbonyl (C=O) groups is 1. The second-order valence-corrected chi connectivity index (χ2v) is 10.5. The Kier molecular flexibility index (Phi) is 10.4. The first-order chi connectivity index (χ1) is 18.2. The first-order valence-electron chi connectivity index (χ1n) is 11.5. The van der Waals surface area contributed by atoms with Crippen molar-refractivity contribution in [3.8, 4) is 23.0 Å². The van der Waals surface area contributed by atoms with Crippen LogP contribution in [0, 0.1) is 0 Å². The fraction of sp³-hybridized carbons (Fsp3) is 0.231. The maximum atomic E-state index is 12.7. The normalized spacial score (nSPS) is 11.3. The zero-order chi connectivity index (χ0) is 27.7. The van der Waals surface area contributed by atoms with E-state index in [9.17, 15) is 13.2 Å². The predicted molar refractivity (Wildman–Crippen MR) is 148 cm³/mol. The molecule has 0 atom stereocenters. The van der Waals surface area contributed by atoms with Gasteiger partial charge in [0.2, 0.25) is 0 Å². The molecule has 0 aliphatic heterocycles. The number of hydrogen-bond acceptors (Lipinski definition) is 8. The summed E-state index contributed by atoms with van der Waals surface area (Å²) in [6, 6.07) is 13.5. The summed E-state index contributed by atoms with van der Waals surface area (Å²) in [4.78, 5) is 12.6. The summed E-state index contributed by atoms with van der Waals surface area (Å²) in [7, 11) is -2.78. The number of hydrogen-bond donors (Lipinski definition) is 1. The molecule has 0 saturated heterocycles. The van der Waals surface area contributed by atoms with Crippen molar-refractivity contribution in [3.63, 3.8) is 0 Å². The van der Waals surface area contributed by atoms with Gasteiger partial charge in [-0.3, -0.25) is 4.79 Å². The van der Waals surface area contributed by atoms with Gasteiger partial charge in [-0.2, -0.15) is 13.5 Å². The highest BCUT2D eigenvalue weighted by Crippen LogP contribution is 2.38. The second kappa shape index (κ2) is 13.5. The van der Waals surface area contributed by atoms with Crippen LogP contribution in [0.25, 0.3) is 0 Å². The van der Waals surface area contributed by atoms with Gasteiger partial charge < -0.3 is 18.4 Å². The lowest BCUT2D eigenvalue weighted by Gasteiger charge is -2.13. The van der Waals surface area contributed by atoms with Gasteiger partial charge in [-0.15, -0.1) is 0 Å². The molecule has 0 heterocycles.